The molecule has 20 heavy (non-hydrogen) atoms. The lowest BCUT2D eigenvalue weighted by Gasteiger charge is -2.11. The summed E-state index contributed by atoms with van der Waals surface area (Å²) >= 11 is 0. The molecule has 1 unspecified atom stereocenters. The zero-order valence-corrected chi connectivity index (χ0v) is 10.7. The molecule has 9 heteroatoms. The number of hydrogen-bond acceptors (Lipinski definition) is 6. The van der Waals surface area contributed by atoms with Gasteiger partial charge in [-0.2, -0.15) is 0 Å². The summed E-state index contributed by atoms with van der Waals surface area (Å²) in [6.07, 6.45) is 0.0980. The molecule has 0 fully saturated rings. The van der Waals surface area contributed by atoms with Crippen molar-refractivity contribution in [1.29, 1.82) is 0 Å². The Morgan fingerprint density at radius 2 is 2.00 bits per heavy atom. The average Bonchev–Trinajstić information content (AvgIpc) is 2.35. The fourth-order valence-corrected chi connectivity index (χ4v) is 1.64. The summed E-state index contributed by atoms with van der Waals surface area (Å²) < 4.78 is 0. The van der Waals surface area contributed by atoms with Crippen LogP contribution in [0.2, 0.25) is 0 Å². The van der Waals surface area contributed by atoms with Crippen molar-refractivity contribution in [3.8, 4) is 0 Å². The number of carbonyl (C=O) groups is 1. The maximum absolute atomic E-state index is 10.9. The Morgan fingerprint density at radius 3 is 2.50 bits per heavy atom. The topological polar surface area (TPSA) is 141 Å². The van der Waals surface area contributed by atoms with E-state index in [4.69, 9.17) is 5.73 Å². The zero-order valence-electron chi connectivity index (χ0n) is 10.7. The molecule has 0 bridgehead atoms. The Kier molecular flexibility index (Phi) is 5.09. The molecule has 0 aliphatic rings. The Hall–Kier alpha value is -2.55. The highest BCUT2D eigenvalue weighted by atomic mass is 16.6. The molecule has 9 nitrogen and oxygen atoms in total. The van der Waals surface area contributed by atoms with E-state index < -0.39 is 15.8 Å². The number of nitro groups is 2. The van der Waals surface area contributed by atoms with E-state index in [0.29, 0.717) is 5.56 Å². The largest absolute Gasteiger partial charge is 0.370 e. The summed E-state index contributed by atoms with van der Waals surface area (Å²) in [6.45, 7) is 1.82. The summed E-state index contributed by atoms with van der Waals surface area (Å²) in [4.78, 5) is 30.8. The first-order chi connectivity index (χ1) is 9.31. The first kappa shape index (κ1) is 15.5. The van der Waals surface area contributed by atoms with Gasteiger partial charge >= 0.3 is 0 Å². The Balaban J connectivity index is 2.87. The van der Waals surface area contributed by atoms with Gasteiger partial charge in [0.25, 0.3) is 11.4 Å². The summed E-state index contributed by atoms with van der Waals surface area (Å²) in [5.74, 6) is -0.483. The molecule has 0 saturated carbocycles. The highest BCUT2D eigenvalue weighted by Gasteiger charge is 2.19. The molecule has 0 heterocycles. The number of rotatable bonds is 7. The molecular formula is C11H14N4O5. The third-order valence-electron chi connectivity index (χ3n) is 2.62. The van der Waals surface area contributed by atoms with Crippen molar-refractivity contribution < 1.29 is 14.6 Å². The number of carbonyl (C=O) groups excluding carboxylic acids is 1. The number of nitrogens with two attached hydrogens (primary N) is 1. The van der Waals surface area contributed by atoms with Gasteiger partial charge < -0.3 is 11.1 Å². The molecule has 1 aromatic rings. The van der Waals surface area contributed by atoms with Crippen LogP contribution < -0.4 is 11.1 Å². The normalized spacial score (nSPS) is 11.8. The fourth-order valence-electron chi connectivity index (χ4n) is 1.64. The van der Waals surface area contributed by atoms with Crippen molar-refractivity contribution in [1.82, 2.24) is 5.32 Å². The van der Waals surface area contributed by atoms with Crippen LogP contribution in [0.15, 0.2) is 18.2 Å². The molecule has 0 spiro atoms. The molecule has 1 rings (SSSR count). The number of primary amides is 1. The van der Waals surface area contributed by atoms with Crippen LogP contribution >= 0.6 is 0 Å². The van der Waals surface area contributed by atoms with Crippen molar-refractivity contribution in [3.05, 3.63) is 44.0 Å². The highest BCUT2D eigenvalue weighted by molar-refractivity contribution is 5.74. The SMILES string of the molecule is CC(CC(N)=O)NCc1ccc([N+](=O)[O-])cc1[N+](=O)[O-]. The molecular weight excluding hydrogens is 268 g/mol. The van der Waals surface area contributed by atoms with E-state index in [0.717, 1.165) is 6.07 Å². The predicted molar refractivity (Wildman–Crippen MR) is 69.9 cm³/mol. The van der Waals surface area contributed by atoms with Gasteiger partial charge in [-0.3, -0.25) is 25.0 Å². The third-order valence-corrected chi connectivity index (χ3v) is 2.62. The van der Waals surface area contributed by atoms with Crippen LogP contribution in [0.25, 0.3) is 0 Å². The minimum absolute atomic E-state index is 0.0980. The van der Waals surface area contributed by atoms with Gasteiger partial charge in [-0.05, 0) is 13.0 Å². The van der Waals surface area contributed by atoms with Gasteiger partial charge in [0.15, 0.2) is 0 Å². The second-order valence-electron chi connectivity index (χ2n) is 4.28. The predicted octanol–water partition coefficient (Wildman–Crippen LogP) is 0.857. The van der Waals surface area contributed by atoms with E-state index in [2.05, 4.69) is 5.32 Å². The van der Waals surface area contributed by atoms with Crippen LogP contribution in [0.5, 0.6) is 0 Å². The van der Waals surface area contributed by atoms with Gasteiger partial charge in [0.1, 0.15) is 0 Å². The number of nitrogens with zero attached hydrogens (tertiary/aromatic N) is 2. The first-order valence-electron chi connectivity index (χ1n) is 5.74. The minimum atomic E-state index is -0.695. The molecule has 1 aromatic carbocycles. The summed E-state index contributed by atoms with van der Waals surface area (Å²) in [6, 6.07) is 3.18. The van der Waals surface area contributed by atoms with E-state index >= 15 is 0 Å². The number of benzene rings is 1. The van der Waals surface area contributed by atoms with Crippen molar-refractivity contribution in [2.24, 2.45) is 5.73 Å². The average molecular weight is 282 g/mol. The second-order valence-corrected chi connectivity index (χ2v) is 4.28. The number of hydrogen-bond donors (Lipinski definition) is 2. The van der Waals surface area contributed by atoms with E-state index in [9.17, 15) is 25.0 Å². The van der Waals surface area contributed by atoms with Gasteiger partial charge in [0.2, 0.25) is 5.91 Å². The van der Waals surface area contributed by atoms with Gasteiger partial charge in [-0.1, -0.05) is 0 Å². The third kappa shape index (κ3) is 4.28. The standard InChI is InChI=1S/C11H14N4O5/c1-7(4-11(12)16)13-6-8-2-3-9(14(17)18)5-10(8)15(19)20/h2-3,5,7,13H,4,6H2,1H3,(H2,12,16). The van der Waals surface area contributed by atoms with Crippen molar-refractivity contribution in [2.45, 2.75) is 25.9 Å². The molecule has 0 radical (unpaired) electrons. The molecule has 1 amide bonds. The highest BCUT2D eigenvalue weighted by Crippen LogP contribution is 2.24. The molecule has 108 valence electrons. The Morgan fingerprint density at radius 1 is 1.35 bits per heavy atom. The van der Waals surface area contributed by atoms with Gasteiger partial charge in [0, 0.05) is 30.6 Å². The Bertz CT molecular complexity index is 546. The molecule has 0 aliphatic carbocycles. The monoisotopic (exact) mass is 282 g/mol. The fraction of sp³-hybridized carbons (Fsp3) is 0.364. The second kappa shape index (κ2) is 6.57. The molecule has 0 saturated heterocycles. The molecule has 1 atom stereocenters. The van der Waals surface area contributed by atoms with Crippen LogP contribution in [0.3, 0.4) is 0 Å². The number of nitro benzene ring substituents is 2. The lowest BCUT2D eigenvalue weighted by atomic mass is 10.1. The maximum atomic E-state index is 10.9. The maximum Gasteiger partial charge on any atom is 0.280 e. The van der Waals surface area contributed by atoms with Crippen LogP contribution in [0.4, 0.5) is 11.4 Å². The van der Waals surface area contributed by atoms with Crippen molar-refractivity contribution >= 4 is 17.3 Å². The first-order valence-corrected chi connectivity index (χ1v) is 5.74. The van der Waals surface area contributed by atoms with Crippen molar-refractivity contribution in [3.63, 3.8) is 0 Å². The van der Waals surface area contributed by atoms with E-state index in [-0.39, 0.29) is 30.4 Å². The zero-order chi connectivity index (χ0) is 15.3. The van der Waals surface area contributed by atoms with E-state index in [1.807, 2.05) is 0 Å². The molecule has 0 aliphatic heterocycles. The van der Waals surface area contributed by atoms with Crippen LogP contribution in [-0.4, -0.2) is 21.8 Å². The lowest BCUT2D eigenvalue weighted by Crippen LogP contribution is -2.30. The van der Waals surface area contributed by atoms with Crippen LogP contribution in [-0.2, 0) is 11.3 Å². The van der Waals surface area contributed by atoms with Crippen LogP contribution in [0, 0.1) is 20.2 Å². The number of non-ortho nitro benzene ring substituents is 1. The smallest absolute Gasteiger partial charge is 0.280 e. The number of amides is 1. The quantitative estimate of drug-likeness (QED) is 0.561. The van der Waals surface area contributed by atoms with E-state index in [1.54, 1.807) is 6.92 Å². The summed E-state index contributed by atoms with van der Waals surface area (Å²) in [5, 5.41) is 24.4. The Labute approximate surface area is 114 Å². The lowest BCUT2D eigenvalue weighted by molar-refractivity contribution is -0.394. The summed E-state index contributed by atoms with van der Waals surface area (Å²) in [7, 11) is 0. The van der Waals surface area contributed by atoms with Gasteiger partial charge in [0.05, 0.1) is 15.9 Å². The number of nitrogens with one attached hydrogen (secondary N) is 1. The minimum Gasteiger partial charge on any atom is -0.370 e. The van der Waals surface area contributed by atoms with Crippen molar-refractivity contribution in [2.75, 3.05) is 0 Å². The van der Waals surface area contributed by atoms with Gasteiger partial charge in [-0.15, -0.1) is 0 Å². The van der Waals surface area contributed by atoms with Crippen LogP contribution in [0.1, 0.15) is 18.9 Å². The van der Waals surface area contributed by atoms with E-state index in [1.165, 1.54) is 12.1 Å². The molecule has 3 N–H and O–H groups in total. The molecule has 0 aromatic heterocycles. The summed E-state index contributed by atoms with van der Waals surface area (Å²) in [5.41, 5.74) is 4.66. The van der Waals surface area contributed by atoms with Gasteiger partial charge in [-0.25, -0.2) is 0 Å².